The van der Waals surface area contributed by atoms with Crippen molar-refractivity contribution in [3.05, 3.63) is 23.8 Å². The third-order valence-corrected chi connectivity index (χ3v) is 2.97. The molecule has 1 aromatic carbocycles. The topological polar surface area (TPSA) is 38.7 Å². The first-order valence-electron chi connectivity index (χ1n) is 6.93. The average Bonchev–Trinajstić information content (AvgIpc) is 2.41. The normalized spacial score (nSPS) is 14.6. The number of benzene rings is 1. The molecule has 0 aliphatic rings. The van der Waals surface area contributed by atoms with Gasteiger partial charge in [0.15, 0.2) is 17.1 Å². The molecule has 120 valence electrons. The van der Waals surface area contributed by atoms with Gasteiger partial charge in [-0.15, -0.1) is 0 Å². The summed E-state index contributed by atoms with van der Waals surface area (Å²) >= 11 is 0. The molecular weight excluding hydrogens is 285 g/mol. The smallest absolute Gasteiger partial charge is 0.421 e. The molecule has 0 fully saturated rings. The second kappa shape index (κ2) is 7.02. The maximum atomic E-state index is 13.1. The molecule has 0 saturated carbocycles. The van der Waals surface area contributed by atoms with Crippen LogP contribution in [0.2, 0.25) is 0 Å². The number of hydrogen-bond acceptors (Lipinski definition) is 3. The van der Waals surface area contributed by atoms with Crippen molar-refractivity contribution in [1.82, 2.24) is 0 Å². The third-order valence-electron chi connectivity index (χ3n) is 2.97. The Morgan fingerprint density at radius 1 is 1.05 bits per heavy atom. The summed E-state index contributed by atoms with van der Waals surface area (Å²) in [6, 6.07) is 4.16. The second-order valence-electron chi connectivity index (χ2n) is 4.90. The summed E-state index contributed by atoms with van der Waals surface area (Å²) in [5, 5.41) is 9.89. The van der Waals surface area contributed by atoms with Gasteiger partial charge in [0.05, 0.1) is 13.2 Å². The molecule has 3 nitrogen and oxygen atoms in total. The molecule has 0 bridgehead atoms. The van der Waals surface area contributed by atoms with Crippen LogP contribution in [0.4, 0.5) is 13.2 Å². The molecule has 21 heavy (non-hydrogen) atoms. The Labute approximate surface area is 122 Å². The van der Waals surface area contributed by atoms with Gasteiger partial charge in [-0.1, -0.05) is 26.0 Å². The van der Waals surface area contributed by atoms with Crippen LogP contribution in [-0.4, -0.2) is 24.5 Å². The lowest BCUT2D eigenvalue weighted by molar-refractivity contribution is -0.259. The van der Waals surface area contributed by atoms with Crippen molar-refractivity contribution in [3.63, 3.8) is 0 Å². The summed E-state index contributed by atoms with van der Waals surface area (Å²) in [4.78, 5) is 0. The van der Waals surface area contributed by atoms with Gasteiger partial charge in [-0.2, -0.15) is 13.2 Å². The fourth-order valence-electron chi connectivity index (χ4n) is 1.73. The lowest BCUT2D eigenvalue weighted by Crippen LogP contribution is -2.39. The number of aliphatic hydroxyl groups is 1. The second-order valence-corrected chi connectivity index (χ2v) is 4.90. The summed E-state index contributed by atoms with van der Waals surface area (Å²) < 4.78 is 50.0. The Balaban J connectivity index is 3.29. The Bertz CT molecular complexity index is 456. The van der Waals surface area contributed by atoms with E-state index >= 15 is 0 Å². The molecule has 0 aliphatic carbocycles. The van der Waals surface area contributed by atoms with Crippen molar-refractivity contribution in [3.8, 4) is 11.5 Å². The van der Waals surface area contributed by atoms with Crippen molar-refractivity contribution in [2.75, 3.05) is 13.2 Å². The molecular formula is C15H21F3O3. The molecule has 0 heterocycles. The zero-order valence-electron chi connectivity index (χ0n) is 12.5. The minimum atomic E-state index is -4.80. The van der Waals surface area contributed by atoms with Crippen LogP contribution in [0.1, 0.15) is 39.2 Å². The fourth-order valence-corrected chi connectivity index (χ4v) is 1.73. The van der Waals surface area contributed by atoms with Crippen LogP contribution in [0.15, 0.2) is 18.2 Å². The minimum absolute atomic E-state index is 0.0462. The van der Waals surface area contributed by atoms with Crippen molar-refractivity contribution in [2.45, 2.75) is 45.4 Å². The number of ether oxygens (including phenoxy) is 2. The molecule has 0 spiro atoms. The summed E-state index contributed by atoms with van der Waals surface area (Å²) in [7, 11) is 0. The Morgan fingerprint density at radius 3 is 2.14 bits per heavy atom. The van der Waals surface area contributed by atoms with Crippen LogP contribution in [0.25, 0.3) is 0 Å². The lowest BCUT2D eigenvalue weighted by atomic mass is 9.94. The highest BCUT2D eigenvalue weighted by atomic mass is 19.4. The molecule has 1 aromatic rings. The molecule has 1 rings (SSSR count). The van der Waals surface area contributed by atoms with E-state index in [9.17, 15) is 18.3 Å². The van der Waals surface area contributed by atoms with E-state index in [1.165, 1.54) is 18.2 Å². The van der Waals surface area contributed by atoms with Crippen molar-refractivity contribution < 1.29 is 27.8 Å². The maximum absolute atomic E-state index is 13.1. The summed E-state index contributed by atoms with van der Waals surface area (Å²) in [5.41, 5.74) is -3.33. The van der Waals surface area contributed by atoms with Crippen LogP contribution < -0.4 is 9.47 Å². The van der Waals surface area contributed by atoms with Gasteiger partial charge in [0, 0.05) is 5.56 Å². The highest BCUT2D eigenvalue weighted by Gasteiger charge is 2.53. The van der Waals surface area contributed by atoms with E-state index in [4.69, 9.17) is 9.47 Å². The van der Waals surface area contributed by atoms with E-state index in [1.54, 1.807) is 0 Å². The first-order valence-corrected chi connectivity index (χ1v) is 6.93. The zero-order chi connectivity index (χ0) is 16.1. The first-order chi connectivity index (χ1) is 9.75. The summed E-state index contributed by atoms with van der Waals surface area (Å²) in [6.07, 6.45) is -3.45. The van der Waals surface area contributed by atoms with Gasteiger partial charge in [0.1, 0.15) is 0 Å². The van der Waals surface area contributed by atoms with E-state index in [2.05, 4.69) is 0 Å². The lowest BCUT2D eigenvalue weighted by Gasteiger charge is -2.29. The van der Waals surface area contributed by atoms with Crippen molar-refractivity contribution >= 4 is 0 Å². The van der Waals surface area contributed by atoms with Gasteiger partial charge in [-0.3, -0.25) is 0 Å². The Kier molecular flexibility index (Phi) is 5.89. The average molecular weight is 306 g/mol. The van der Waals surface area contributed by atoms with Crippen LogP contribution in [0.3, 0.4) is 0 Å². The number of rotatable bonds is 7. The highest BCUT2D eigenvalue weighted by molar-refractivity contribution is 5.49. The number of hydrogen-bond donors (Lipinski definition) is 1. The monoisotopic (exact) mass is 306 g/mol. The standard InChI is InChI=1S/C15H21F3O3/c1-4-9-20-12-8-6-7-11(13(12)21-10-5-2)14(3,19)15(16,17)18/h6-8,19H,4-5,9-10H2,1-3H3. The Hall–Kier alpha value is -1.43. The van der Waals surface area contributed by atoms with E-state index in [-0.39, 0.29) is 23.7 Å². The van der Waals surface area contributed by atoms with Crippen LogP contribution in [0.5, 0.6) is 11.5 Å². The zero-order valence-corrected chi connectivity index (χ0v) is 12.5. The Morgan fingerprint density at radius 2 is 1.62 bits per heavy atom. The first kappa shape index (κ1) is 17.6. The van der Waals surface area contributed by atoms with Crippen LogP contribution >= 0.6 is 0 Å². The molecule has 0 radical (unpaired) electrons. The van der Waals surface area contributed by atoms with Gasteiger partial charge in [-0.05, 0) is 25.8 Å². The highest BCUT2D eigenvalue weighted by Crippen LogP contribution is 2.45. The molecule has 1 unspecified atom stereocenters. The molecule has 0 saturated heterocycles. The van der Waals surface area contributed by atoms with Gasteiger partial charge >= 0.3 is 6.18 Å². The summed E-state index contributed by atoms with van der Waals surface area (Å²) in [6.45, 7) is 5.05. The van der Waals surface area contributed by atoms with Gasteiger partial charge in [0.25, 0.3) is 0 Å². The molecule has 0 aromatic heterocycles. The largest absolute Gasteiger partial charge is 0.490 e. The predicted octanol–water partition coefficient (Wildman–Crippen LogP) is 4.03. The van der Waals surface area contributed by atoms with Crippen LogP contribution in [0, 0.1) is 0 Å². The van der Waals surface area contributed by atoms with Gasteiger partial charge in [0.2, 0.25) is 0 Å². The maximum Gasteiger partial charge on any atom is 0.421 e. The molecule has 1 N–H and O–H groups in total. The van der Waals surface area contributed by atoms with Crippen molar-refractivity contribution in [1.29, 1.82) is 0 Å². The quantitative estimate of drug-likeness (QED) is 0.826. The van der Waals surface area contributed by atoms with Crippen LogP contribution in [-0.2, 0) is 5.60 Å². The van der Waals surface area contributed by atoms with E-state index in [1.807, 2.05) is 13.8 Å². The number of alkyl halides is 3. The molecule has 0 aliphatic heterocycles. The SMILES string of the molecule is CCCOc1cccc(C(C)(O)C(F)(F)F)c1OCCC. The summed E-state index contributed by atoms with van der Waals surface area (Å²) in [5.74, 6) is 0.169. The predicted molar refractivity (Wildman–Crippen MR) is 73.6 cm³/mol. The van der Waals surface area contributed by atoms with Gasteiger partial charge in [-0.25, -0.2) is 0 Å². The molecule has 1 atom stereocenters. The number of halogens is 3. The van der Waals surface area contributed by atoms with Crippen molar-refractivity contribution in [2.24, 2.45) is 0 Å². The number of para-hydroxylation sites is 1. The molecule has 0 amide bonds. The minimum Gasteiger partial charge on any atom is -0.490 e. The van der Waals surface area contributed by atoms with E-state index < -0.39 is 11.8 Å². The molecule has 6 heteroatoms. The third kappa shape index (κ3) is 4.03. The van der Waals surface area contributed by atoms with E-state index in [0.29, 0.717) is 26.4 Å². The van der Waals surface area contributed by atoms with E-state index in [0.717, 1.165) is 0 Å². The van der Waals surface area contributed by atoms with Gasteiger partial charge < -0.3 is 14.6 Å². The fraction of sp³-hybridized carbons (Fsp3) is 0.600.